The van der Waals surface area contributed by atoms with E-state index in [1.165, 1.54) is 27.2 Å². The molecule has 1 nitrogen and oxygen atoms in total. The van der Waals surface area contributed by atoms with Crippen LogP contribution in [-0.2, 0) is 0 Å². The summed E-state index contributed by atoms with van der Waals surface area (Å²) in [6, 6.07) is 32.4. The van der Waals surface area contributed by atoms with Gasteiger partial charge in [-0.2, -0.15) is 0 Å². The van der Waals surface area contributed by atoms with Crippen LogP contribution in [0.3, 0.4) is 0 Å². The summed E-state index contributed by atoms with van der Waals surface area (Å²) >= 11 is 0. The number of nitrogens with one attached hydrogen (secondary N) is 1. The number of rotatable bonds is 5. The largest absolute Gasteiger partial charge is 0.391 e. The van der Waals surface area contributed by atoms with Gasteiger partial charge in [0.15, 0.2) is 0 Å². The predicted octanol–water partition coefficient (Wildman–Crippen LogP) is 4.73. The first kappa shape index (κ1) is 16.5. The van der Waals surface area contributed by atoms with Gasteiger partial charge in [0.05, 0.1) is 0 Å². The minimum absolute atomic E-state index is 0.619. The number of benzene rings is 3. The Morgan fingerprint density at radius 2 is 1.08 bits per heavy atom. The van der Waals surface area contributed by atoms with E-state index in [0.29, 0.717) is 0 Å². The first-order valence-electron chi connectivity index (χ1n) is 8.15. The molecule has 0 aromatic heterocycles. The van der Waals surface area contributed by atoms with E-state index in [1.807, 2.05) is 7.05 Å². The maximum Gasteiger partial charge on any atom is 0.0163 e. The molecule has 0 amide bonds. The second kappa shape index (κ2) is 7.95. The fourth-order valence-electron chi connectivity index (χ4n) is 2.79. The molecule has 0 atom stereocenters. The molecular formula is C22H22NP. The summed E-state index contributed by atoms with van der Waals surface area (Å²) < 4.78 is 0. The molecule has 0 aliphatic rings. The topological polar surface area (TPSA) is 12.0 Å². The lowest BCUT2D eigenvalue weighted by Crippen LogP contribution is -2.16. The molecule has 0 bridgehead atoms. The Morgan fingerprint density at radius 1 is 0.667 bits per heavy atom. The molecule has 120 valence electrons. The van der Waals surface area contributed by atoms with Crippen molar-refractivity contribution in [1.29, 1.82) is 0 Å². The van der Waals surface area contributed by atoms with Gasteiger partial charge in [-0.15, -0.1) is 0 Å². The van der Waals surface area contributed by atoms with Crippen molar-refractivity contribution >= 4 is 23.8 Å². The number of allylic oxidation sites excluding steroid dienone is 1. The van der Waals surface area contributed by atoms with Crippen LogP contribution in [0.2, 0.25) is 0 Å². The van der Waals surface area contributed by atoms with Crippen LogP contribution in [0.5, 0.6) is 0 Å². The summed E-state index contributed by atoms with van der Waals surface area (Å²) in [7, 11) is 1.38. The lowest BCUT2D eigenvalue weighted by Gasteiger charge is -2.25. The van der Waals surface area contributed by atoms with Crippen LogP contribution in [-0.4, -0.2) is 7.05 Å². The molecule has 0 radical (unpaired) electrons. The Balaban J connectivity index is 2.23. The summed E-state index contributed by atoms with van der Waals surface area (Å²) in [5.41, 5.74) is 2.50. The van der Waals surface area contributed by atoms with Crippen molar-refractivity contribution in [2.45, 2.75) is 6.92 Å². The van der Waals surface area contributed by atoms with E-state index in [9.17, 15) is 0 Å². The highest BCUT2D eigenvalue weighted by molar-refractivity contribution is 7.82. The monoisotopic (exact) mass is 331 g/mol. The normalized spacial score (nSPS) is 12.0. The predicted molar refractivity (Wildman–Crippen MR) is 107 cm³/mol. The van der Waals surface area contributed by atoms with Crippen LogP contribution in [0.15, 0.2) is 96.7 Å². The first-order chi connectivity index (χ1) is 11.8. The van der Waals surface area contributed by atoms with Crippen LogP contribution >= 0.6 is 7.92 Å². The van der Waals surface area contributed by atoms with E-state index >= 15 is 0 Å². The van der Waals surface area contributed by atoms with Crippen molar-refractivity contribution in [2.24, 2.45) is 0 Å². The van der Waals surface area contributed by atoms with Gasteiger partial charge in [0.2, 0.25) is 0 Å². The van der Waals surface area contributed by atoms with Gasteiger partial charge in [-0.3, -0.25) is 0 Å². The van der Waals surface area contributed by atoms with Crippen molar-refractivity contribution in [3.63, 3.8) is 0 Å². The quantitative estimate of drug-likeness (QED) is 0.667. The van der Waals surface area contributed by atoms with E-state index < -0.39 is 7.92 Å². The molecule has 2 heteroatoms. The highest BCUT2D eigenvalue weighted by atomic mass is 31.1. The van der Waals surface area contributed by atoms with Gasteiger partial charge in [0, 0.05) is 18.1 Å². The molecule has 0 fully saturated rings. The van der Waals surface area contributed by atoms with Gasteiger partial charge in [-0.25, -0.2) is 0 Å². The Morgan fingerprint density at radius 3 is 1.50 bits per heavy atom. The third kappa shape index (κ3) is 3.58. The molecule has 0 aliphatic carbocycles. The molecule has 3 rings (SSSR count). The van der Waals surface area contributed by atoms with Crippen LogP contribution < -0.4 is 15.9 Å². The average molecular weight is 331 g/mol. The highest BCUT2D eigenvalue weighted by Gasteiger charge is 2.21. The van der Waals surface area contributed by atoms with Crippen molar-refractivity contribution in [3.8, 4) is 0 Å². The van der Waals surface area contributed by atoms with Crippen molar-refractivity contribution in [2.75, 3.05) is 7.05 Å². The van der Waals surface area contributed by atoms with Crippen LogP contribution in [0.1, 0.15) is 12.5 Å². The van der Waals surface area contributed by atoms with Crippen molar-refractivity contribution in [3.05, 3.63) is 102 Å². The van der Waals surface area contributed by atoms with Crippen LogP contribution in [0.4, 0.5) is 0 Å². The Labute approximate surface area is 145 Å². The summed E-state index contributed by atoms with van der Waals surface area (Å²) in [5, 5.41) is 7.49. The second-order valence-electron chi connectivity index (χ2n) is 5.60. The van der Waals surface area contributed by atoms with Gasteiger partial charge in [0.1, 0.15) is 0 Å². The lowest BCUT2D eigenvalue weighted by atomic mass is 10.2. The molecule has 0 aliphatic heterocycles. The van der Waals surface area contributed by atoms with E-state index in [2.05, 4.69) is 103 Å². The second-order valence-corrected chi connectivity index (χ2v) is 7.75. The fraction of sp³-hybridized carbons (Fsp3) is 0.0909. The Bertz CT molecular complexity index is 756. The lowest BCUT2D eigenvalue weighted by molar-refractivity contribution is 0.999. The molecule has 1 N–H and O–H groups in total. The summed E-state index contributed by atoms with van der Waals surface area (Å²) in [6.07, 6.45) is 0. The molecular weight excluding hydrogens is 309 g/mol. The van der Waals surface area contributed by atoms with Crippen molar-refractivity contribution in [1.82, 2.24) is 5.32 Å². The van der Waals surface area contributed by atoms with E-state index in [4.69, 9.17) is 0 Å². The summed E-state index contributed by atoms with van der Waals surface area (Å²) in [4.78, 5) is 0. The van der Waals surface area contributed by atoms with Crippen LogP contribution in [0.25, 0.3) is 5.31 Å². The van der Waals surface area contributed by atoms with E-state index in [-0.39, 0.29) is 0 Å². The Kier molecular flexibility index (Phi) is 5.46. The van der Waals surface area contributed by atoms with Gasteiger partial charge in [-0.05, 0) is 31.0 Å². The third-order valence-corrected chi connectivity index (χ3v) is 6.70. The molecule has 24 heavy (non-hydrogen) atoms. The number of hydrogen-bond donors (Lipinski definition) is 1. The standard InChI is InChI=1S/C22H22NP/c1-18(23-2)22(19-12-6-3-7-13-19)24(20-14-8-4-9-15-20)21-16-10-5-11-17-21/h3-17,23H,1-2H3/b22-18-. The number of hydrogen-bond acceptors (Lipinski definition) is 1. The molecule has 0 unspecified atom stereocenters. The zero-order valence-corrected chi connectivity index (χ0v) is 15.0. The zero-order chi connectivity index (χ0) is 16.8. The average Bonchev–Trinajstić information content (AvgIpc) is 2.67. The van der Waals surface area contributed by atoms with Gasteiger partial charge in [-0.1, -0.05) is 91.0 Å². The molecule has 0 saturated carbocycles. The first-order valence-corrected chi connectivity index (χ1v) is 9.49. The molecule has 3 aromatic carbocycles. The molecule has 3 aromatic rings. The maximum absolute atomic E-state index is 3.38. The van der Waals surface area contributed by atoms with E-state index in [0.717, 1.165) is 0 Å². The maximum atomic E-state index is 3.38. The van der Waals surface area contributed by atoms with Gasteiger partial charge < -0.3 is 5.32 Å². The highest BCUT2D eigenvalue weighted by Crippen LogP contribution is 2.49. The molecule has 0 saturated heterocycles. The van der Waals surface area contributed by atoms with Crippen LogP contribution in [0, 0.1) is 0 Å². The minimum atomic E-state index is -0.619. The van der Waals surface area contributed by atoms with Gasteiger partial charge in [0.25, 0.3) is 0 Å². The summed E-state index contributed by atoms with van der Waals surface area (Å²) in [5.74, 6) is 0. The Hall–Kier alpha value is -2.37. The SMILES string of the molecule is CN/C(C)=C(/c1ccccc1)P(c1ccccc1)c1ccccc1. The molecule has 0 spiro atoms. The minimum Gasteiger partial charge on any atom is -0.391 e. The smallest absolute Gasteiger partial charge is 0.0163 e. The van der Waals surface area contributed by atoms with E-state index in [1.54, 1.807) is 0 Å². The van der Waals surface area contributed by atoms with Gasteiger partial charge >= 0.3 is 0 Å². The fourth-order valence-corrected chi connectivity index (χ4v) is 5.40. The van der Waals surface area contributed by atoms with Crippen molar-refractivity contribution < 1.29 is 0 Å². The molecule has 0 heterocycles. The summed E-state index contributed by atoms with van der Waals surface area (Å²) in [6.45, 7) is 2.17. The third-order valence-electron chi connectivity index (χ3n) is 4.03. The zero-order valence-electron chi connectivity index (χ0n) is 14.1.